The molecule has 7 heteroatoms. The van der Waals surface area contributed by atoms with Crippen molar-refractivity contribution >= 4 is 11.9 Å². The first-order valence-electron chi connectivity index (χ1n) is 10.8. The Morgan fingerprint density at radius 3 is 2.43 bits per heavy atom. The summed E-state index contributed by atoms with van der Waals surface area (Å²) in [6, 6.07) is 4.03. The van der Waals surface area contributed by atoms with Crippen molar-refractivity contribution in [3.8, 4) is 11.5 Å². The third-order valence-electron chi connectivity index (χ3n) is 6.11. The van der Waals surface area contributed by atoms with Crippen LogP contribution in [0.25, 0.3) is 0 Å². The molecule has 0 spiro atoms. The minimum Gasteiger partial charge on any atom is -0.493 e. The summed E-state index contributed by atoms with van der Waals surface area (Å²) in [6.45, 7) is 8.78. The fraction of sp³-hybridized carbons (Fsp3) is 0.652. The summed E-state index contributed by atoms with van der Waals surface area (Å²) in [5.74, 6) is 2.61. The molecule has 166 valence electrons. The van der Waals surface area contributed by atoms with Gasteiger partial charge in [-0.15, -0.1) is 0 Å². The molecule has 0 aliphatic carbocycles. The number of benzene rings is 1. The van der Waals surface area contributed by atoms with Crippen LogP contribution in [0.4, 0.5) is 0 Å². The van der Waals surface area contributed by atoms with Crippen LogP contribution in [-0.2, 0) is 17.8 Å². The zero-order chi connectivity index (χ0) is 21.7. The number of hydrogen-bond donors (Lipinski definition) is 1. The molecule has 1 aromatic carbocycles. The van der Waals surface area contributed by atoms with Crippen molar-refractivity contribution in [1.29, 1.82) is 0 Å². The highest BCUT2D eigenvalue weighted by atomic mass is 16.5. The minimum absolute atomic E-state index is 0.203. The van der Waals surface area contributed by atoms with Crippen LogP contribution < -0.4 is 14.8 Å². The molecule has 1 aromatic rings. The molecule has 2 aliphatic heterocycles. The summed E-state index contributed by atoms with van der Waals surface area (Å²) in [7, 11) is 5.11. The molecule has 1 N–H and O–H groups in total. The molecule has 0 unspecified atom stereocenters. The van der Waals surface area contributed by atoms with Gasteiger partial charge in [-0.25, -0.2) is 0 Å². The second-order valence-corrected chi connectivity index (χ2v) is 8.95. The van der Waals surface area contributed by atoms with Gasteiger partial charge in [0.1, 0.15) is 0 Å². The van der Waals surface area contributed by atoms with Crippen LogP contribution >= 0.6 is 0 Å². The van der Waals surface area contributed by atoms with Gasteiger partial charge < -0.3 is 24.6 Å². The maximum Gasteiger partial charge on any atom is 0.222 e. The van der Waals surface area contributed by atoms with Crippen molar-refractivity contribution in [2.75, 3.05) is 47.4 Å². The number of nitrogens with zero attached hydrogens (tertiary/aromatic N) is 3. The zero-order valence-corrected chi connectivity index (χ0v) is 19.1. The van der Waals surface area contributed by atoms with E-state index < -0.39 is 0 Å². The largest absolute Gasteiger partial charge is 0.493 e. The number of likely N-dealkylation sites (tertiary alicyclic amines) is 1. The number of rotatable bonds is 6. The van der Waals surface area contributed by atoms with Gasteiger partial charge in [-0.05, 0) is 47.9 Å². The van der Waals surface area contributed by atoms with Crippen LogP contribution in [0.3, 0.4) is 0 Å². The van der Waals surface area contributed by atoms with Crippen LogP contribution in [0.15, 0.2) is 17.1 Å². The standard InChI is InChI=1S/C23H36N4O3/c1-23(2)9-12-27(16-23)22(24-3)25-10-6-7-21(28)26-11-8-17-13-19(29-4)20(30-5)14-18(17)15-26/h13-14H,6-12,15-16H2,1-5H3,(H,24,25). The van der Waals surface area contributed by atoms with Crippen LogP contribution in [-0.4, -0.2) is 69.1 Å². The third-order valence-corrected chi connectivity index (χ3v) is 6.11. The minimum atomic E-state index is 0.203. The molecule has 2 heterocycles. The molecular formula is C23H36N4O3. The number of amides is 1. The Kier molecular flexibility index (Phi) is 7.10. The summed E-state index contributed by atoms with van der Waals surface area (Å²) in [5, 5.41) is 3.43. The van der Waals surface area contributed by atoms with E-state index in [1.54, 1.807) is 14.2 Å². The lowest BCUT2D eigenvalue weighted by Crippen LogP contribution is -2.41. The van der Waals surface area contributed by atoms with Crippen LogP contribution in [0.2, 0.25) is 0 Å². The van der Waals surface area contributed by atoms with Gasteiger partial charge in [0.25, 0.3) is 0 Å². The Hall–Kier alpha value is -2.44. The van der Waals surface area contributed by atoms with Gasteiger partial charge in [-0.2, -0.15) is 0 Å². The van der Waals surface area contributed by atoms with E-state index in [2.05, 4.69) is 29.1 Å². The highest BCUT2D eigenvalue weighted by molar-refractivity contribution is 5.80. The number of guanidine groups is 1. The highest BCUT2D eigenvalue weighted by Gasteiger charge is 2.30. The molecule has 0 atom stereocenters. The lowest BCUT2D eigenvalue weighted by atomic mass is 9.93. The van der Waals surface area contributed by atoms with Crippen molar-refractivity contribution in [3.05, 3.63) is 23.3 Å². The Balaban J connectivity index is 1.47. The van der Waals surface area contributed by atoms with Crippen molar-refractivity contribution < 1.29 is 14.3 Å². The number of fused-ring (bicyclic) bond motifs is 1. The molecule has 1 fully saturated rings. The van der Waals surface area contributed by atoms with Gasteiger partial charge in [-0.1, -0.05) is 13.8 Å². The molecule has 0 aromatic heterocycles. The van der Waals surface area contributed by atoms with Crippen LogP contribution in [0, 0.1) is 5.41 Å². The molecule has 0 bridgehead atoms. The maximum atomic E-state index is 12.7. The van der Waals surface area contributed by atoms with Crippen LogP contribution in [0.5, 0.6) is 11.5 Å². The lowest BCUT2D eigenvalue weighted by molar-refractivity contribution is -0.132. The van der Waals surface area contributed by atoms with Gasteiger partial charge in [0.05, 0.1) is 14.2 Å². The van der Waals surface area contributed by atoms with Crippen molar-refractivity contribution in [1.82, 2.24) is 15.1 Å². The summed E-state index contributed by atoms with van der Waals surface area (Å²) >= 11 is 0. The number of carbonyl (C=O) groups is 1. The maximum absolute atomic E-state index is 12.7. The molecule has 0 saturated carbocycles. The first-order chi connectivity index (χ1) is 14.4. The Labute approximate surface area is 180 Å². The van der Waals surface area contributed by atoms with Gasteiger partial charge in [-0.3, -0.25) is 9.79 Å². The van der Waals surface area contributed by atoms with E-state index in [4.69, 9.17) is 9.47 Å². The average Bonchev–Trinajstić information content (AvgIpc) is 3.11. The van der Waals surface area contributed by atoms with Gasteiger partial charge >= 0.3 is 0 Å². The second-order valence-electron chi connectivity index (χ2n) is 8.95. The first-order valence-corrected chi connectivity index (χ1v) is 10.8. The van der Waals surface area contributed by atoms with Gasteiger partial charge in [0.2, 0.25) is 5.91 Å². The van der Waals surface area contributed by atoms with E-state index in [-0.39, 0.29) is 5.91 Å². The highest BCUT2D eigenvalue weighted by Crippen LogP contribution is 2.33. The van der Waals surface area contributed by atoms with E-state index in [1.165, 1.54) is 12.0 Å². The smallest absolute Gasteiger partial charge is 0.222 e. The summed E-state index contributed by atoms with van der Waals surface area (Å²) in [5.41, 5.74) is 2.71. The molecule has 0 radical (unpaired) electrons. The van der Waals surface area contributed by atoms with Crippen molar-refractivity contribution in [2.45, 2.75) is 46.1 Å². The monoisotopic (exact) mass is 416 g/mol. The molecule has 2 aliphatic rings. The number of nitrogens with one attached hydrogen (secondary N) is 1. The summed E-state index contributed by atoms with van der Waals surface area (Å²) in [4.78, 5) is 21.4. The van der Waals surface area contributed by atoms with Crippen LogP contribution in [0.1, 0.15) is 44.2 Å². The Bertz CT molecular complexity index is 791. The van der Waals surface area contributed by atoms with E-state index in [0.29, 0.717) is 24.1 Å². The predicted molar refractivity (Wildman–Crippen MR) is 119 cm³/mol. The number of aliphatic imine (C=N–C) groups is 1. The van der Waals surface area contributed by atoms with E-state index in [1.807, 2.05) is 24.1 Å². The second kappa shape index (κ2) is 9.58. The summed E-state index contributed by atoms with van der Waals surface area (Å²) in [6.07, 6.45) is 3.36. The summed E-state index contributed by atoms with van der Waals surface area (Å²) < 4.78 is 10.8. The predicted octanol–water partition coefficient (Wildman–Crippen LogP) is 2.68. The average molecular weight is 417 g/mol. The van der Waals surface area contributed by atoms with E-state index in [9.17, 15) is 4.79 Å². The molecule has 3 rings (SSSR count). The molecule has 1 saturated heterocycles. The van der Waals surface area contributed by atoms with Gasteiger partial charge in [0.15, 0.2) is 17.5 Å². The first kappa shape index (κ1) is 22.2. The van der Waals surface area contributed by atoms with Crippen molar-refractivity contribution in [2.24, 2.45) is 10.4 Å². The fourth-order valence-electron chi connectivity index (χ4n) is 4.32. The quantitative estimate of drug-likeness (QED) is 0.439. The van der Waals surface area contributed by atoms with Gasteiger partial charge in [0, 0.05) is 46.2 Å². The SMILES string of the molecule is CN=C(NCCCC(=O)N1CCc2cc(OC)c(OC)cc2C1)N1CCC(C)(C)C1. The molecular weight excluding hydrogens is 380 g/mol. The zero-order valence-electron chi connectivity index (χ0n) is 19.1. The topological polar surface area (TPSA) is 66.4 Å². The number of ether oxygens (including phenoxy) is 2. The third kappa shape index (κ3) is 5.18. The normalized spacial score (nSPS) is 18.2. The lowest BCUT2D eigenvalue weighted by Gasteiger charge is -2.30. The van der Waals surface area contributed by atoms with Crippen molar-refractivity contribution in [3.63, 3.8) is 0 Å². The van der Waals surface area contributed by atoms with E-state index in [0.717, 1.165) is 56.3 Å². The molecule has 1 amide bonds. The molecule has 7 nitrogen and oxygen atoms in total. The number of methoxy groups -OCH3 is 2. The fourth-order valence-corrected chi connectivity index (χ4v) is 4.32. The number of hydrogen-bond acceptors (Lipinski definition) is 4. The van der Waals surface area contributed by atoms with E-state index >= 15 is 0 Å². The Morgan fingerprint density at radius 1 is 1.13 bits per heavy atom. The number of carbonyl (C=O) groups excluding carboxylic acids is 1. The molecule has 30 heavy (non-hydrogen) atoms. The Morgan fingerprint density at radius 2 is 1.83 bits per heavy atom.